The first-order valence-electron chi connectivity index (χ1n) is 5.46. The SMILES string of the molecule is O=C(c1cc([N+](=O)[O-])ccc1Cl)N(CCO)CCO. The molecule has 0 aromatic heterocycles. The second-order valence-electron chi connectivity index (χ2n) is 3.66. The van der Waals surface area contributed by atoms with Crippen molar-refractivity contribution < 1.29 is 19.9 Å². The molecule has 0 saturated carbocycles. The van der Waals surface area contributed by atoms with E-state index in [0.717, 1.165) is 6.07 Å². The second kappa shape index (κ2) is 7.03. The lowest BCUT2D eigenvalue weighted by atomic mass is 10.1. The van der Waals surface area contributed by atoms with Crippen LogP contribution in [0.3, 0.4) is 0 Å². The summed E-state index contributed by atoms with van der Waals surface area (Å²) >= 11 is 5.85. The van der Waals surface area contributed by atoms with Gasteiger partial charge in [0.05, 0.1) is 28.7 Å². The highest BCUT2D eigenvalue weighted by Crippen LogP contribution is 2.23. The van der Waals surface area contributed by atoms with E-state index >= 15 is 0 Å². The maximum absolute atomic E-state index is 12.1. The Kier molecular flexibility index (Phi) is 5.68. The Balaban J connectivity index is 3.08. The second-order valence-corrected chi connectivity index (χ2v) is 4.07. The number of aliphatic hydroxyl groups excluding tert-OH is 2. The fourth-order valence-electron chi connectivity index (χ4n) is 1.52. The molecule has 0 spiro atoms. The van der Waals surface area contributed by atoms with Crippen molar-refractivity contribution in [3.63, 3.8) is 0 Å². The average molecular weight is 289 g/mol. The van der Waals surface area contributed by atoms with Gasteiger partial charge in [0.25, 0.3) is 11.6 Å². The quantitative estimate of drug-likeness (QED) is 0.591. The van der Waals surface area contributed by atoms with Crippen LogP contribution in [0.4, 0.5) is 5.69 Å². The van der Waals surface area contributed by atoms with Crippen LogP contribution in [-0.2, 0) is 0 Å². The number of rotatable bonds is 6. The largest absolute Gasteiger partial charge is 0.395 e. The lowest BCUT2D eigenvalue weighted by Gasteiger charge is -2.21. The first-order valence-corrected chi connectivity index (χ1v) is 5.84. The number of nitro benzene ring substituents is 1. The van der Waals surface area contributed by atoms with Crippen molar-refractivity contribution in [3.05, 3.63) is 38.9 Å². The van der Waals surface area contributed by atoms with Crippen LogP contribution in [0.15, 0.2) is 18.2 Å². The summed E-state index contributed by atoms with van der Waals surface area (Å²) in [5.74, 6) is -0.572. The minimum atomic E-state index is -0.629. The molecule has 19 heavy (non-hydrogen) atoms. The van der Waals surface area contributed by atoms with E-state index in [1.807, 2.05) is 0 Å². The summed E-state index contributed by atoms with van der Waals surface area (Å²) in [4.78, 5) is 23.3. The number of aliphatic hydroxyl groups is 2. The van der Waals surface area contributed by atoms with Gasteiger partial charge in [-0.15, -0.1) is 0 Å². The first kappa shape index (κ1) is 15.4. The number of carbonyl (C=O) groups excluding carboxylic acids is 1. The van der Waals surface area contributed by atoms with Gasteiger partial charge in [-0.05, 0) is 6.07 Å². The molecular weight excluding hydrogens is 276 g/mol. The van der Waals surface area contributed by atoms with Crippen molar-refractivity contribution in [1.29, 1.82) is 0 Å². The number of non-ortho nitro benzene ring substituents is 1. The number of halogens is 1. The van der Waals surface area contributed by atoms with Crippen LogP contribution >= 0.6 is 11.6 Å². The molecule has 0 unspecified atom stereocenters. The molecular formula is C11H13ClN2O5. The number of nitro groups is 1. The molecule has 1 aromatic carbocycles. The lowest BCUT2D eigenvalue weighted by Crippen LogP contribution is -2.36. The Morgan fingerprint density at radius 3 is 2.37 bits per heavy atom. The Bertz CT molecular complexity index is 474. The van der Waals surface area contributed by atoms with Crippen LogP contribution in [0.5, 0.6) is 0 Å². The Labute approximate surface area is 114 Å². The third-order valence-corrected chi connectivity index (χ3v) is 2.75. The molecule has 1 amide bonds. The summed E-state index contributed by atoms with van der Waals surface area (Å²) in [5, 5.41) is 28.5. The summed E-state index contributed by atoms with van der Waals surface area (Å²) in [6, 6.07) is 3.54. The zero-order valence-corrected chi connectivity index (χ0v) is 10.7. The predicted molar refractivity (Wildman–Crippen MR) is 68.2 cm³/mol. The van der Waals surface area contributed by atoms with Crippen molar-refractivity contribution in [1.82, 2.24) is 4.90 Å². The summed E-state index contributed by atoms with van der Waals surface area (Å²) in [6.07, 6.45) is 0. The highest BCUT2D eigenvalue weighted by atomic mass is 35.5. The molecule has 104 valence electrons. The van der Waals surface area contributed by atoms with E-state index in [4.69, 9.17) is 21.8 Å². The van der Waals surface area contributed by atoms with Gasteiger partial charge in [0.1, 0.15) is 0 Å². The molecule has 8 heteroatoms. The molecule has 0 fully saturated rings. The van der Waals surface area contributed by atoms with E-state index in [0.29, 0.717) is 0 Å². The third-order valence-electron chi connectivity index (χ3n) is 2.42. The fraction of sp³-hybridized carbons (Fsp3) is 0.364. The summed E-state index contributed by atoms with van der Waals surface area (Å²) in [5.41, 5.74) is -0.279. The van der Waals surface area contributed by atoms with Gasteiger partial charge in [-0.1, -0.05) is 11.6 Å². The van der Waals surface area contributed by atoms with Crippen LogP contribution in [0.1, 0.15) is 10.4 Å². The van der Waals surface area contributed by atoms with Crippen molar-refractivity contribution >= 4 is 23.2 Å². The molecule has 2 N–H and O–H groups in total. The van der Waals surface area contributed by atoms with Crippen LogP contribution in [-0.4, -0.2) is 52.2 Å². The van der Waals surface area contributed by atoms with Gasteiger partial charge in [0.2, 0.25) is 0 Å². The minimum absolute atomic E-state index is 0.0123. The Morgan fingerprint density at radius 2 is 1.89 bits per heavy atom. The zero-order valence-electron chi connectivity index (χ0n) is 9.95. The highest BCUT2D eigenvalue weighted by molar-refractivity contribution is 6.33. The molecule has 0 saturated heterocycles. The van der Waals surface area contributed by atoms with E-state index < -0.39 is 10.8 Å². The molecule has 1 rings (SSSR count). The van der Waals surface area contributed by atoms with Crippen LogP contribution in [0, 0.1) is 10.1 Å². The molecule has 0 aliphatic carbocycles. The van der Waals surface area contributed by atoms with Crippen molar-refractivity contribution in [3.8, 4) is 0 Å². The predicted octanol–water partition coefficient (Wildman–Crippen LogP) is 0.675. The molecule has 0 heterocycles. The third kappa shape index (κ3) is 3.88. The van der Waals surface area contributed by atoms with E-state index in [-0.39, 0.29) is 42.6 Å². The van der Waals surface area contributed by atoms with Gasteiger partial charge in [0.15, 0.2) is 0 Å². The van der Waals surface area contributed by atoms with Crippen molar-refractivity contribution in [2.24, 2.45) is 0 Å². The number of nitrogens with zero attached hydrogens (tertiary/aromatic N) is 2. The topological polar surface area (TPSA) is 104 Å². The van der Waals surface area contributed by atoms with Crippen molar-refractivity contribution in [2.75, 3.05) is 26.3 Å². The monoisotopic (exact) mass is 288 g/mol. The standard InChI is InChI=1S/C11H13ClN2O5/c12-10-2-1-8(14(18)19)7-9(10)11(17)13(3-5-15)4-6-16/h1-2,7,15-16H,3-6H2. The maximum Gasteiger partial charge on any atom is 0.270 e. The molecule has 0 bridgehead atoms. The summed E-state index contributed by atoms with van der Waals surface area (Å²) in [6.45, 7) is -0.534. The maximum atomic E-state index is 12.1. The van der Waals surface area contributed by atoms with E-state index in [1.54, 1.807) is 0 Å². The average Bonchev–Trinajstić information content (AvgIpc) is 2.38. The summed E-state index contributed by atoms with van der Waals surface area (Å²) < 4.78 is 0. The number of hydrogen-bond acceptors (Lipinski definition) is 5. The zero-order chi connectivity index (χ0) is 14.4. The van der Waals surface area contributed by atoms with Gasteiger partial charge in [-0.25, -0.2) is 0 Å². The van der Waals surface area contributed by atoms with E-state index in [1.165, 1.54) is 17.0 Å². The smallest absolute Gasteiger partial charge is 0.270 e. The Morgan fingerprint density at radius 1 is 1.32 bits per heavy atom. The van der Waals surface area contributed by atoms with E-state index in [2.05, 4.69) is 0 Å². The van der Waals surface area contributed by atoms with Gasteiger partial charge < -0.3 is 15.1 Å². The van der Waals surface area contributed by atoms with Gasteiger partial charge in [-0.3, -0.25) is 14.9 Å². The lowest BCUT2D eigenvalue weighted by molar-refractivity contribution is -0.384. The summed E-state index contributed by atoms with van der Waals surface area (Å²) in [7, 11) is 0. The molecule has 7 nitrogen and oxygen atoms in total. The van der Waals surface area contributed by atoms with Gasteiger partial charge in [-0.2, -0.15) is 0 Å². The molecule has 0 aliphatic heterocycles. The van der Waals surface area contributed by atoms with Crippen LogP contribution in [0.25, 0.3) is 0 Å². The fourth-order valence-corrected chi connectivity index (χ4v) is 1.72. The highest BCUT2D eigenvalue weighted by Gasteiger charge is 2.20. The number of benzene rings is 1. The van der Waals surface area contributed by atoms with Crippen molar-refractivity contribution in [2.45, 2.75) is 0 Å². The van der Waals surface area contributed by atoms with Crippen LogP contribution in [0.2, 0.25) is 5.02 Å². The molecule has 0 radical (unpaired) electrons. The molecule has 1 aromatic rings. The van der Waals surface area contributed by atoms with Gasteiger partial charge in [0, 0.05) is 25.2 Å². The Hall–Kier alpha value is -1.70. The molecule has 0 atom stereocenters. The van der Waals surface area contributed by atoms with Gasteiger partial charge >= 0.3 is 0 Å². The number of carbonyl (C=O) groups is 1. The van der Waals surface area contributed by atoms with E-state index in [9.17, 15) is 14.9 Å². The van der Waals surface area contributed by atoms with Crippen LogP contribution < -0.4 is 0 Å². The number of amides is 1. The molecule has 0 aliphatic rings. The minimum Gasteiger partial charge on any atom is -0.395 e. The first-order chi connectivity index (χ1) is 9.01. The number of hydrogen-bond donors (Lipinski definition) is 2. The normalized spacial score (nSPS) is 10.3.